The Labute approximate surface area is 147 Å². The Hall–Kier alpha value is -2.50. The van der Waals surface area contributed by atoms with E-state index in [0.717, 1.165) is 22.3 Å². The molecular weight excluding hydrogens is 348 g/mol. The van der Waals surface area contributed by atoms with E-state index in [0.29, 0.717) is 21.6 Å². The lowest BCUT2D eigenvalue weighted by Gasteiger charge is -2.09. The Balaban J connectivity index is 2.00. The van der Waals surface area contributed by atoms with E-state index >= 15 is 0 Å². The number of ether oxygens (including phenoxy) is 3. The number of carbonyl (C=O) groups excluding carboxylic acids is 1. The summed E-state index contributed by atoms with van der Waals surface area (Å²) < 4.78 is 16.0. The van der Waals surface area contributed by atoms with Gasteiger partial charge in [0.05, 0.1) is 7.11 Å². The molecule has 2 heterocycles. The number of para-hydroxylation sites is 1. The quantitative estimate of drug-likeness (QED) is 0.392. The minimum absolute atomic E-state index is 0.459. The highest BCUT2D eigenvalue weighted by molar-refractivity contribution is 7.13. The first-order valence-electron chi connectivity index (χ1n) is 7.12. The molecule has 0 N–H and O–H groups in total. The molecule has 1 aliphatic heterocycles. The average molecular weight is 359 g/mol. The molecular formula is C18H11ClO4S. The fourth-order valence-corrected chi connectivity index (χ4v) is 3.76. The molecule has 0 amide bonds. The van der Waals surface area contributed by atoms with Gasteiger partial charge in [0, 0.05) is 32.7 Å². The van der Waals surface area contributed by atoms with Crippen molar-refractivity contribution in [2.45, 2.75) is 0 Å². The van der Waals surface area contributed by atoms with Crippen molar-refractivity contribution in [2.24, 2.45) is 0 Å². The number of fused-ring (bicyclic) bond motifs is 5. The molecule has 0 radical (unpaired) electrons. The molecule has 120 valence electrons. The highest BCUT2D eigenvalue weighted by atomic mass is 35.5. The number of thiophene rings is 1. The van der Waals surface area contributed by atoms with Gasteiger partial charge in [-0.1, -0.05) is 29.8 Å². The van der Waals surface area contributed by atoms with Crippen molar-refractivity contribution in [2.75, 3.05) is 7.11 Å². The predicted molar refractivity (Wildman–Crippen MR) is 93.3 cm³/mol. The maximum atomic E-state index is 11.6. The minimum atomic E-state index is -0.756. The number of hydrogen-bond donors (Lipinski definition) is 0. The highest BCUT2D eigenvalue weighted by Crippen LogP contribution is 2.53. The topological polar surface area (TPSA) is 44.8 Å². The van der Waals surface area contributed by atoms with Gasteiger partial charge in [0.25, 0.3) is 0 Å². The van der Waals surface area contributed by atoms with E-state index in [4.69, 9.17) is 21.1 Å². The fourth-order valence-electron chi connectivity index (χ4n) is 2.67. The normalized spacial score (nSPS) is 11.4. The molecule has 4 rings (SSSR count). The van der Waals surface area contributed by atoms with Gasteiger partial charge in [-0.3, -0.25) is 0 Å². The van der Waals surface area contributed by atoms with Crippen LogP contribution in [0.5, 0.6) is 16.6 Å². The monoisotopic (exact) mass is 358 g/mol. The van der Waals surface area contributed by atoms with Gasteiger partial charge < -0.3 is 14.2 Å². The first kappa shape index (κ1) is 15.1. The van der Waals surface area contributed by atoms with Crippen LogP contribution in [0, 0.1) is 0 Å². The summed E-state index contributed by atoms with van der Waals surface area (Å²) in [6.07, 6.45) is -0.756. The predicted octanol–water partition coefficient (Wildman–Crippen LogP) is 5.99. The van der Waals surface area contributed by atoms with Gasteiger partial charge in [-0.2, -0.15) is 0 Å². The van der Waals surface area contributed by atoms with Crippen LogP contribution in [0.25, 0.3) is 22.3 Å². The largest absolute Gasteiger partial charge is 0.514 e. The third-order valence-electron chi connectivity index (χ3n) is 3.71. The maximum absolute atomic E-state index is 11.6. The minimum Gasteiger partial charge on any atom is -0.456 e. The van der Waals surface area contributed by atoms with Gasteiger partial charge in [-0.15, -0.1) is 11.3 Å². The van der Waals surface area contributed by atoms with Crippen molar-refractivity contribution in [3.8, 4) is 38.8 Å². The Morgan fingerprint density at radius 2 is 1.88 bits per heavy atom. The lowest BCUT2D eigenvalue weighted by atomic mass is 9.99. The molecule has 24 heavy (non-hydrogen) atoms. The summed E-state index contributed by atoms with van der Waals surface area (Å²) in [5, 5.41) is 2.99. The second-order valence-electron chi connectivity index (χ2n) is 5.11. The number of hydrogen-bond acceptors (Lipinski definition) is 5. The second kappa shape index (κ2) is 5.85. The van der Waals surface area contributed by atoms with Crippen molar-refractivity contribution >= 4 is 29.1 Å². The Kier molecular flexibility index (Phi) is 3.67. The van der Waals surface area contributed by atoms with Gasteiger partial charge >= 0.3 is 6.16 Å². The van der Waals surface area contributed by atoms with Crippen LogP contribution in [0.15, 0.2) is 47.8 Å². The van der Waals surface area contributed by atoms with Crippen LogP contribution in [0.1, 0.15) is 0 Å². The number of carbonyl (C=O) groups is 1. The number of methoxy groups -OCH3 is 1. The average Bonchev–Trinajstić information content (AvgIpc) is 2.93. The van der Waals surface area contributed by atoms with Crippen LogP contribution in [-0.4, -0.2) is 13.3 Å². The van der Waals surface area contributed by atoms with E-state index in [1.54, 1.807) is 6.07 Å². The van der Waals surface area contributed by atoms with E-state index in [1.165, 1.54) is 18.4 Å². The van der Waals surface area contributed by atoms with E-state index in [9.17, 15) is 4.79 Å². The van der Waals surface area contributed by atoms with Crippen LogP contribution in [0.3, 0.4) is 0 Å². The van der Waals surface area contributed by atoms with E-state index in [2.05, 4.69) is 4.74 Å². The van der Waals surface area contributed by atoms with Crippen molar-refractivity contribution in [3.63, 3.8) is 0 Å². The molecule has 4 nitrogen and oxygen atoms in total. The molecule has 1 aromatic heterocycles. The molecule has 3 aromatic rings. The number of benzene rings is 2. The van der Waals surface area contributed by atoms with Gasteiger partial charge in [0.1, 0.15) is 11.5 Å². The molecule has 0 fully saturated rings. The van der Waals surface area contributed by atoms with Crippen LogP contribution in [0.4, 0.5) is 4.79 Å². The lowest BCUT2D eigenvalue weighted by molar-refractivity contribution is 0.123. The van der Waals surface area contributed by atoms with Gasteiger partial charge in [0.15, 0.2) is 5.06 Å². The zero-order valence-corrected chi connectivity index (χ0v) is 14.1. The van der Waals surface area contributed by atoms with Crippen LogP contribution < -0.4 is 9.47 Å². The highest BCUT2D eigenvalue weighted by Gasteiger charge is 2.26. The lowest BCUT2D eigenvalue weighted by Crippen LogP contribution is -2.06. The second-order valence-corrected chi connectivity index (χ2v) is 6.39. The Morgan fingerprint density at radius 3 is 2.71 bits per heavy atom. The first-order valence-corrected chi connectivity index (χ1v) is 8.37. The van der Waals surface area contributed by atoms with Crippen LogP contribution in [0.2, 0.25) is 5.02 Å². The van der Waals surface area contributed by atoms with Crippen molar-refractivity contribution in [1.82, 2.24) is 0 Å². The first-order chi connectivity index (χ1) is 11.7. The molecule has 0 spiro atoms. The molecule has 0 unspecified atom stereocenters. The third-order valence-corrected chi connectivity index (χ3v) is 4.80. The third kappa shape index (κ3) is 2.42. The van der Waals surface area contributed by atoms with Crippen LogP contribution in [-0.2, 0) is 4.74 Å². The zero-order valence-electron chi connectivity index (χ0n) is 12.5. The standard InChI is InChI=1S/C18H11ClO4S/c1-21-18(20)23-17-16-11-4-2-3-5-14(11)22-15-7-6-10(19)8-12(15)13(16)9-24-17/h2-9H,1H3. The Bertz CT molecular complexity index is 948. The van der Waals surface area contributed by atoms with Gasteiger partial charge in [0.2, 0.25) is 0 Å². The SMILES string of the molecule is COC(=O)Oc1scc2c1-c1ccccc1Oc1ccc(Cl)cc1-2. The van der Waals surface area contributed by atoms with E-state index in [1.807, 2.05) is 41.8 Å². The summed E-state index contributed by atoms with van der Waals surface area (Å²) >= 11 is 7.49. The molecule has 0 aliphatic carbocycles. The smallest absolute Gasteiger partial charge is 0.456 e. The Morgan fingerprint density at radius 1 is 1.08 bits per heavy atom. The van der Waals surface area contributed by atoms with E-state index < -0.39 is 6.16 Å². The maximum Gasteiger partial charge on any atom is 0.514 e. The van der Waals surface area contributed by atoms with Crippen molar-refractivity contribution in [3.05, 3.63) is 52.9 Å². The molecule has 0 atom stereocenters. The zero-order chi connectivity index (χ0) is 16.7. The summed E-state index contributed by atoms with van der Waals surface area (Å²) in [6.45, 7) is 0. The molecule has 6 heteroatoms. The summed E-state index contributed by atoms with van der Waals surface area (Å²) in [6, 6.07) is 13.1. The molecule has 0 saturated carbocycles. The summed E-state index contributed by atoms with van der Waals surface area (Å²) in [7, 11) is 1.28. The summed E-state index contributed by atoms with van der Waals surface area (Å²) in [5.74, 6) is 1.39. The van der Waals surface area contributed by atoms with Crippen molar-refractivity contribution in [1.29, 1.82) is 0 Å². The molecule has 1 aliphatic rings. The number of rotatable bonds is 1. The van der Waals surface area contributed by atoms with Gasteiger partial charge in [-0.05, 0) is 24.3 Å². The van der Waals surface area contributed by atoms with Crippen molar-refractivity contribution < 1.29 is 19.0 Å². The van der Waals surface area contributed by atoms with Gasteiger partial charge in [-0.25, -0.2) is 4.79 Å². The summed E-state index contributed by atoms with van der Waals surface area (Å²) in [4.78, 5) is 11.6. The number of halogens is 1. The molecule has 0 bridgehead atoms. The molecule has 0 saturated heterocycles. The van der Waals surface area contributed by atoms with Crippen LogP contribution >= 0.6 is 22.9 Å². The summed E-state index contributed by atoms with van der Waals surface area (Å²) in [5.41, 5.74) is 3.40. The fraction of sp³-hybridized carbons (Fsp3) is 0.0556. The molecule has 2 aromatic carbocycles. The van der Waals surface area contributed by atoms with E-state index in [-0.39, 0.29) is 0 Å².